The van der Waals surface area contributed by atoms with Crippen LogP contribution in [0.4, 0.5) is 27.6 Å². The Kier molecular flexibility index (Phi) is 3.47. The van der Waals surface area contributed by atoms with E-state index < -0.39 is 34.6 Å². The fraction of sp³-hybridized carbons (Fsp3) is 0.0833. The Labute approximate surface area is 109 Å². The minimum absolute atomic E-state index is 0.0300. The molecule has 0 radical (unpaired) electrons. The minimum Gasteiger partial charge on any atom is -0.480 e. The van der Waals surface area contributed by atoms with Crippen molar-refractivity contribution in [1.29, 1.82) is 0 Å². The van der Waals surface area contributed by atoms with Gasteiger partial charge in [-0.25, -0.2) is 26.9 Å². The molecule has 1 aromatic carbocycles. The van der Waals surface area contributed by atoms with Gasteiger partial charge < -0.3 is 10.5 Å². The maximum Gasteiger partial charge on any atom is 0.236 e. The molecule has 0 aliphatic carbocycles. The highest BCUT2D eigenvalue weighted by atomic mass is 19.2. The maximum atomic E-state index is 13.6. The van der Waals surface area contributed by atoms with Crippen molar-refractivity contribution in [3.63, 3.8) is 0 Å². The van der Waals surface area contributed by atoms with Gasteiger partial charge >= 0.3 is 0 Å². The summed E-state index contributed by atoms with van der Waals surface area (Å²) in [6, 6.07) is 1.00. The second-order valence-electron chi connectivity index (χ2n) is 3.77. The van der Waals surface area contributed by atoms with Crippen molar-refractivity contribution in [2.24, 2.45) is 0 Å². The van der Waals surface area contributed by atoms with E-state index in [4.69, 9.17) is 10.5 Å². The first-order valence-corrected chi connectivity index (χ1v) is 5.19. The number of nitrogens with zero attached hydrogens (tertiary/aromatic N) is 1. The van der Waals surface area contributed by atoms with Gasteiger partial charge in [-0.2, -0.15) is 0 Å². The highest BCUT2D eigenvalue weighted by Gasteiger charge is 2.27. The van der Waals surface area contributed by atoms with Crippen molar-refractivity contribution < 1.29 is 26.7 Å². The van der Waals surface area contributed by atoms with Crippen LogP contribution in [0.25, 0.3) is 11.1 Å². The van der Waals surface area contributed by atoms with Gasteiger partial charge in [-0.05, 0) is 6.07 Å². The second-order valence-corrected chi connectivity index (χ2v) is 3.77. The molecule has 0 aliphatic heterocycles. The average Bonchev–Trinajstić information content (AvgIpc) is 2.43. The van der Waals surface area contributed by atoms with Gasteiger partial charge in [0.1, 0.15) is 0 Å². The summed E-state index contributed by atoms with van der Waals surface area (Å²) in [7, 11) is 1.26. The number of ether oxygens (including phenoxy) is 1. The van der Waals surface area contributed by atoms with Gasteiger partial charge in [0, 0.05) is 11.8 Å². The number of benzene rings is 1. The van der Waals surface area contributed by atoms with Crippen LogP contribution in [0.5, 0.6) is 5.88 Å². The smallest absolute Gasteiger partial charge is 0.236 e. The fourth-order valence-electron chi connectivity index (χ4n) is 1.63. The first-order chi connectivity index (χ1) is 9.38. The van der Waals surface area contributed by atoms with E-state index in [2.05, 4.69) is 4.98 Å². The molecule has 0 fully saturated rings. The molecule has 0 saturated carbocycles. The molecule has 0 unspecified atom stereocenters. The third-order valence-electron chi connectivity index (χ3n) is 2.57. The summed E-state index contributed by atoms with van der Waals surface area (Å²) >= 11 is 0. The zero-order valence-corrected chi connectivity index (χ0v) is 9.98. The molecule has 0 atom stereocenters. The summed E-state index contributed by atoms with van der Waals surface area (Å²) in [4.78, 5) is 3.62. The molecule has 0 amide bonds. The van der Waals surface area contributed by atoms with Crippen LogP contribution < -0.4 is 10.5 Å². The van der Waals surface area contributed by atoms with Gasteiger partial charge in [0.2, 0.25) is 11.7 Å². The van der Waals surface area contributed by atoms with Crippen LogP contribution in [-0.2, 0) is 0 Å². The SMILES string of the molecule is COc1ncc(-c2c(F)c(F)c(F)c(F)c2F)cc1N. The van der Waals surface area contributed by atoms with E-state index in [1.54, 1.807) is 0 Å². The Morgan fingerprint density at radius 3 is 1.90 bits per heavy atom. The molecule has 0 saturated heterocycles. The molecule has 20 heavy (non-hydrogen) atoms. The lowest BCUT2D eigenvalue weighted by atomic mass is 10.0. The van der Waals surface area contributed by atoms with Crippen molar-refractivity contribution in [2.75, 3.05) is 12.8 Å². The van der Waals surface area contributed by atoms with E-state index in [-0.39, 0.29) is 17.1 Å². The van der Waals surface area contributed by atoms with Crippen molar-refractivity contribution >= 4 is 5.69 Å². The Morgan fingerprint density at radius 1 is 0.950 bits per heavy atom. The lowest BCUT2D eigenvalue weighted by molar-refractivity contribution is 0.381. The quantitative estimate of drug-likeness (QED) is 0.525. The Hall–Kier alpha value is -2.38. The molecule has 2 aromatic rings. The van der Waals surface area contributed by atoms with Crippen molar-refractivity contribution in [2.45, 2.75) is 0 Å². The molecule has 0 aliphatic rings. The Bertz CT molecular complexity index is 661. The van der Waals surface area contributed by atoms with Crippen LogP contribution in [0.3, 0.4) is 0 Å². The molecule has 2 rings (SSSR count). The van der Waals surface area contributed by atoms with Gasteiger partial charge in [0.25, 0.3) is 0 Å². The number of rotatable bonds is 2. The highest BCUT2D eigenvalue weighted by molar-refractivity contribution is 5.69. The first-order valence-electron chi connectivity index (χ1n) is 5.19. The Balaban J connectivity index is 2.73. The molecule has 0 spiro atoms. The molecule has 1 aromatic heterocycles. The predicted molar refractivity (Wildman–Crippen MR) is 60.4 cm³/mol. The van der Waals surface area contributed by atoms with Gasteiger partial charge in [-0.3, -0.25) is 0 Å². The number of anilines is 1. The molecular weight excluding hydrogens is 283 g/mol. The zero-order chi connectivity index (χ0) is 15.0. The molecule has 0 bridgehead atoms. The lowest BCUT2D eigenvalue weighted by Gasteiger charge is -2.10. The second kappa shape index (κ2) is 4.95. The van der Waals surface area contributed by atoms with Gasteiger partial charge in [0.15, 0.2) is 23.3 Å². The van der Waals surface area contributed by atoms with Gasteiger partial charge in [-0.1, -0.05) is 0 Å². The third-order valence-corrected chi connectivity index (χ3v) is 2.57. The summed E-state index contributed by atoms with van der Waals surface area (Å²) < 4.78 is 71.0. The van der Waals surface area contributed by atoms with E-state index in [0.29, 0.717) is 0 Å². The molecule has 3 nitrogen and oxygen atoms in total. The van der Waals surface area contributed by atoms with Crippen LogP contribution >= 0.6 is 0 Å². The molecule has 106 valence electrons. The number of methoxy groups -OCH3 is 1. The van der Waals surface area contributed by atoms with Crippen molar-refractivity contribution in [1.82, 2.24) is 4.98 Å². The van der Waals surface area contributed by atoms with E-state index in [1.807, 2.05) is 0 Å². The minimum atomic E-state index is -2.22. The Morgan fingerprint density at radius 2 is 1.45 bits per heavy atom. The largest absolute Gasteiger partial charge is 0.480 e. The standard InChI is InChI=1S/C12H7F5N2O/c1-20-12-5(18)2-4(3-19-12)6-7(13)9(15)11(17)10(16)8(6)14/h2-3H,18H2,1H3. The highest BCUT2D eigenvalue weighted by Crippen LogP contribution is 2.33. The van der Waals surface area contributed by atoms with E-state index in [1.165, 1.54) is 7.11 Å². The molecular formula is C12H7F5N2O. The summed E-state index contributed by atoms with van der Waals surface area (Å²) in [6.45, 7) is 0. The van der Waals surface area contributed by atoms with E-state index >= 15 is 0 Å². The molecule has 2 N–H and O–H groups in total. The molecule has 8 heteroatoms. The zero-order valence-electron chi connectivity index (χ0n) is 9.98. The molecule has 1 heterocycles. The fourth-order valence-corrected chi connectivity index (χ4v) is 1.63. The van der Waals surface area contributed by atoms with E-state index in [9.17, 15) is 22.0 Å². The number of hydrogen-bond donors (Lipinski definition) is 1. The topological polar surface area (TPSA) is 48.1 Å². The summed E-state index contributed by atoms with van der Waals surface area (Å²) in [5.41, 5.74) is 3.93. The summed E-state index contributed by atoms with van der Waals surface area (Å²) in [6.07, 6.45) is 0.896. The van der Waals surface area contributed by atoms with Crippen LogP contribution in [0.1, 0.15) is 0 Å². The van der Waals surface area contributed by atoms with Crippen LogP contribution in [0, 0.1) is 29.1 Å². The van der Waals surface area contributed by atoms with Crippen LogP contribution in [0.2, 0.25) is 0 Å². The van der Waals surface area contributed by atoms with Gasteiger partial charge in [0.05, 0.1) is 18.4 Å². The number of aromatic nitrogens is 1. The first kappa shape index (κ1) is 14.0. The van der Waals surface area contributed by atoms with Crippen LogP contribution in [0.15, 0.2) is 12.3 Å². The van der Waals surface area contributed by atoms with Crippen LogP contribution in [-0.4, -0.2) is 12.1 Å². The number of nitrogen functional groups attached to an aromatic ring is 1. The number of nitrogens with two attached hydrogens (primary N) is 1. The van der Waals surface area contributed by atoms with Gasteiger partial charge in [-0.15, -0.1) is 0 Å². The summed E-state index contributed by atoms with van der Waals surface area (Å²) in [5, 5.41) is 0. The van der Waals surface area contributed by atoms with Crippen molar-refractivity contribution in [3.8, 4) is 17.0 Å². The monoisotopic (exact) mass is 290 g/mol. The average molecular weight is 290 g/mol. The summed E-state index contributed by atoms with van der Waals surface area (Å²) in [5.74, 6) is -10.2. The third kappa shape index (κ3) is 2.02. The number of hydrogen-bond acceptors (Lipinski definition) is 3. The van der Waals surface area contributed by atoms with E-state index in [0.717, 1.165) is 12.3 Å². The predicted octanol–water partition coefficient (Wildman–Crippen LogP) is 3.03. The maximum absolute atomic E-state index is 13.6. The normalized spacial score (nSPS) is 10.7. The van der Waals surface area contributed by atoms with Crippen molar-refractivity contribution in [3.05, 3.63) is 41.3 Å². The lowest BCUT2D eigenvalue weighted by Crippen LogP contribution is -2.05. The number of halogens is 5. The number of pyridine rings is 1.